The van der Waals surface area contributed by atoms with Crippen LogP contribution in [0.1, 0.15) is 26.7 Å². The molecule has 2 aromatic rings. The number of nitrogens with one attached hydrogen (secondary N) is 1. The molecular weight excluding hydrogens is 290 g/mol. The van der Waals surface area contributed by atoms with Gasteiger partial charge in [-0.05, 0) is 25.5 Å². The number of pyridine rings is 1. The van der Waals surface area contributed by atoms with E-state index in [2.05, 4.69) is 24.2 Å². The molecule has 0 radical (unpaired) electrons. The van der Waals surface area contributed by atoms with Crippen LogP contribution in [-0.2, 0) is 0 Å². The van der Waals surface area contributed by atoms with Crippen molar-refractivity contribution in [3.63, 3.8) is 0 Å². The molecule has 1 aromatic carbocycles. The summed E-state index contributed by atoms with van der Waals surface area (Å²) in [6, 6.07) is 10.1. The first kappa shape index (κ1) is 15.9. The molecular formula is C18H25N3O2. The Morgan fingerprint density at radius 3 is 2.96 bits per heavy atom. The standard InChI is InChI=1S/C18H25N3O2/c1-3-4-11-23-17-12-15-7-5-6-8-16(15)21(18(17)22)20-10-9-19-13-14(20)2/h5-8,12,14,19H,3-4,9-11,13H2,1-2H3. The number of unbranched alkanes of at least 4 members (excludes halogenated alkanes) is 1. The Morgan fingerprint density at radius 1 is 1.35 bits per heavy atom. The summed E-state index contributed by atoms with van der Waals surface area (Å²) >= 11 is 0. The lowest BCUT2D eigenvalue weighted by atomic mass is 10.2. The van der Waals surface area contributed by atoms with Crippen LogP contribution in [0.15, 0.2) is 35.1 Å². The Bertz CT molecular complexity index is 726. The van der Waals surface area contributed by atoms with E-state index in [-0.39, 0.29) is 11.6 Å². The molecule has 1 N–H and O–H groups in total. The van der Waals surface area contributed by atoms with E-state index < -0.39 is 0 Å². The average Bonchev–Trinajstić information content (AvgIpc) is 2.57. The topological polar surface area (TPSA) is 46.5 Å². The maximum Gasteiger partial charge on any atom is 0.311 e. The molecule has 1 unspecified atom stereocenters. The molecule has 23 heavy (non-hydrogen) atoms. The lowest BCUT2D eigenvalue weighted by molar-refractivity contribution is 0.301. The number of hydrogen-bond donors (Lipinski definition) is 1. The van der Waals surface area contributed by atoms with Gasteiger partial charge < -0.3 is 15.1 Å². The van der Waals surface area contributed by atoms with Crippen LogP contribution in [0.3, 0.4) is 0 Å². The molecule has 0 bridgehead atoms. The fourth-order valence-electron chi connectivity index (χ4n) is 3.03. The number of benzene rings is 1. The second kappa shape index (κ2) is 7.04. The van der Waals surface area contributed by atoms with Crippen molar-refractivity contribution in [3.8, 4) is 5.75 Å². The molecule has 1 fully saturated rings. The quantitative estimate of drug-likeness (QED) is 0.859. The van der Waals surface area contributed by atoms with Gasteiger partial charge in [0.2, 0.25) is 0 Å². The normalized spacial score (nSPS) is 18.3. The average molecular weight is 315 g/mol. The van der Waals surface area contributed by atoms with Crippen LogP contribution in [0.2, 0.25) is 0 Å². The maximum atomic E-state index is 13.0. The van der Waals surface area contributed by atoms with Crippen LogP contribution < -0.4 is 20.6 Å². The van der Waals surface area contributed by atoms with Crippen molar-refractivity contribution in [2.45, 2.75) is 32.7 Å². The summed E-state index contributed by atoms with van der Waals surface area (Å²) < 4.78 is 7.58. The molecule has 0 spiro atoms. The van der Waals surface area contributed by atoms with Gasteiger partial charge in [0.05, 0.1) is 18.2 Å². The summed E-state index contributed by atoms with van der Waals surface area (Å²) in [5, 5.41) is 6.55. The van der Waals surface area contributed by atoms with Crippen molar-refractivity contribution in [1.29, 1.82) is 0 Å². The van der Waals surface area contributed by atoms with E-state index >= 15 is 0 Å². The fourth-order valence-corrected chi connectivity index (χ4v) is 3.03. The van der Waals surface area contributed by atoms with Gasteiger partial charge in [0.1, 0.15) is 0 Å². The van der Waals surface area contributed by atoms with Gasteiger partial charge >= 0.3 is 5.56 Å². The van der Waals surface area contributed by atoms with Gasteiger partial charge in [-0.15, -0.1) is 0 Å². The number of rotatable bonds is 5. The Morgan fingerprint density at radius 2 is 2.17 bits per heavy atom. The number of piperazine rings is 1. The van der Waals surface area contributed by atoms with E-state index in [1.807, 2.05) is 35.0 Å². The molecule has 5 nitrogen and oxygen atoms in total. The zero-order valence-corrected chi connectivity index (χ0v) is 13.9. The predicted octanol–water partition coefficient (Wildman–Crippen LogP) is 2.11. The largest absolute Gasteiger partial charge is 0.488 e. The third-order valence-corrected chi connectivity index (χ3v) is 4.33. The first-order valence-electron chi connectivity index (χ1n) is 8.47. The molecule has 1 saturated heterocycles. The van der Waals surface area contributed by atoms with Crippen molar-refractivity contribution in [3.05, 3.63) is 40.7 Å². The van der Waals surface area contributed by atoms with Crippen molar-refractivity contribution in [2.75, 3.05) is 31.3 Å². The SMILES string of the molecule is CCCCOc1cc2ccccc2n(N2CCNCC2C)c1=O. The van der Waals surface area contributed by atoms with Crippen LogP contribution in [0.4, 0.5) is 0 Å². The number of para-hydroxylation sites is 1. The number of fused-ring (bicyclic) bond motifs is 1. The third-order valence-electron chi connectivity index (χ3n) is 4.33. The first-order valence-corrected chi connectivity index (χ1v) is 8.47. The number of aromatic nitrogens is 1. The second-order valence-corrected chi connectivity index (χ2v) is 6.10. The van der Waals surface area contributed by atoms with Gasteiger partial charge in [-0.2, -0.15) is 0 Å². The van der Waals surface area contributed by atoms with E-state index in [1.165, 1.54) is 0 Å². The van der Waals surface area contributed by atoms with Crippen LogP contribution >= 0.6 is 0 Å². The number of hydrogen-bond acceptors (Lipinski definition) is 4. The molecule has 0 amide bonds. The van der Waals surface area contributed by atoms with Crippen LogP contribution in [-0.4, -0.2) is 37.0 Å². The molecule has 0 aliphatic carbocycles. The minimum Gasteiger partial charge on any atom is -0.488 e. The van der Waals surface area contributed by atoms with E-state index in [9.17, 15) is 4.79 Å². The van der Waals surface area contributed by atoms with Crippen molar-refractivity contribution < 1.29 is 4.74 Å². The molecule has 3 rings (SSSR count). The van der Waals surface area contributed by atoms with Gasteiger partial charge in [-0.3, -0.25) is 4.79 Å². The van der Waals surface area contributed by atoms with Gasteiger partial charge in [-0.1, -0.05) is 31.5 Å². The Hall–Kier alpha value is -2.01. The predicted molar refractivity (Wildman–Crippen MR) is 94.0 cm³/mol. The van der Waals surface area contributed by atoms with Crippen molar-refractivity contribution >= 4 is 10.9 Å². The van der Waals surface area contributed by atoms with Gasteiger partial charge in [0, 0.05) is 25.0 Å². The summed E-state index contributed by atoms with van der Waals surface area (Å²) in [7, 11) is 0. The molecule has 1 aromatic heterocycles. The van der Waals surface area contributed by atoms with Crippen molar-refractivity contribution in [2.24, 2.45) is 0 Å². The van der Waals surface area contributed by atoms with E-state index in [4.69, 9.17) is 4.74 Å². The van der Waals surface area contributed by atoms with E-state index in [1.54, 1.807) is 0 Å². The summed E-state index contributed by atoms with van der Waals surface area (Å²) in [6.45, 7) is 7.40. The minimum absolute atomic E-state index is 0.0615. The second-order valence-electron chi connectivity index (χ2n) is 6.10. The first-order chi connectivity index (χ1) is 11.2. The van der Waals surface area contributed by atoms with Crippen LogP contribution in [0.5, 0.6) is 5.75 Å². The number of nitrogens with zero attached hydrogens (tertiary/aromatic N) is 2. The van der Waals surface area contributed by atoms with E-state index in [0.29, 0.717) is 12.4 Å². The van der Waals surface area contributed by atoms with Gasteiger partial charge in [0.15, 0.2) is 5.75 Å². The van der Waals surface area contributed by atoms with Gasteiger partial charge in [0.25, 0.3) is 0 Å². The maximum absolute atomic E-state index is 13.0. The van der Waals surface area contributed by atoms with Crippen LogP contribution in [0, 0.1) is 0 Å². The van der Waals surface area contributed by atoms with E-state index in [0.717, 1.165) is 43.4 Å². The van der Waals surface area contributed by atoms with Gasteiger partial charge in [-0.25, -0.2) is 4.68 Å². The monoisotopic (exact) mass is 315 g/mol. The van der Waals surface area contributed by atoms with Crippen LogP contribution in [0.25, 0.3) is 10.9 Å². The number of ether oxygens (including phenoxy) is 1. The zero-order chi connectivity index (χ0) is 16.2. The summed E-state index contributed by atoms with van der Waals surface area (Å²) in [5.74, 6) is 0.447. The molecule has 5 heteroatoms. The molecule has 1 aliphatic heterocycles. The summed E-state index contributed by atoms with van der Waals surface area (Å²) in [4.78, 5) is 13.0. The Labute approximate surface area is 136 Å². The Kier molecular flexibility index (Phi) is 4.86. The highest BCUT2D eigenvalue weighted by molar-refractivity contribution is 5.80. The summed E-state index contributed by atoms with van der Waals surface area (Å²) in [5.41, 5.74) is 0.877. The smallest absolute Gasteiger partial charge is 0.311 e. The molecule has 1 atom stereocenters. The third kappa shape index (κ3) is 3.20. The molecule has 0 saturated carbocycles. The Balaban J connectivity index is 2.09. The zero-order valence-electron chi connectivity index (χ0n) is 13.9. The highest BCUT2D eigenvalue weighted by Crippen LogP contribution is 2.19. The molecule has 2 heterocycles. The lowest BCUT2D eigenvalue weighted by Crippen LogP contribution is -2.57. The fraction of sp³-hybridized carbons (Fsp3) is 0.500. The minimum atomic E-state index is -0.0615. The molecule has 124 valence electrons. The summed E-state index contributed by atoms with van der Waals surface area (Å²) in [6.07, 6.45) is 2.01. The highest BCUT2D eigenvalue weighted by Gasteiger charge is 2.22. The molecule has 1 aliphatic rings. The lowest BCUT2D eigenvalue weighted by Gasteiger charge is -2.37. The van der Waals surface area contributed by atoms with Crippen molar-refractivity contribution in [1.82, 2.24) is 9.99 Å². The highest BCUT2D eigenvalue weighted by atomic mass is 16.5.